The summed E-state index contributed by atoms with van der Waals surface area (Å²) in [5.74, 6) is 0.0953. The lowest BCUT2D eigenvalue weighted by Crippen LogP contribution is -2.41. The highest BCUT2D eigenvalue weighted by molar-refractivity contribution is 5.97. The van der Waals surface area contributed by atoms with Crippen molar-refractivity contribution in [1.82, 2.24) is 20.2 Å². The van der Waals surface area contributed by atoms with Gasteiger partial charge in [-0.3, -0.25) is 4.79 Å². The van der Waals surface area contributed by atoms with E-state index in [0.717, 1.165) is 19.3 Å². The number of nitrogens with zero attached hydrogens (tertiary/aromatic N) is 4. The number of aromatic nitrogens is 4. The molecule has 0 aromatic carbocycles. The van der Waals surface area contributed by atoms with Crippen LogP contribution in [0, 0.1) is 5.41 Å². The number of carbonyl (C=O) groups is 1. The molecule has 1 heterocycles. The molecule has 2 unspecified atom stereocenters. The van der Waals surface area contributed by atoms with Gasteiger partial charge >= 0.3 is 0 Å². The van der Waals surface area contributed by atoms with E-state index in [2.05, 4.69) is 15.4 Å². The fourth-order valence-corrected chi connectivity index (χ4v) is 2.11. The maximum absolute atomic E-state index is 12.1. The first-order valence-electron chi connectivity index (χ1n) is 5.08. The molecular formula is C9H15N5O. The number of hydrogen-bond acceptors (Lipinski definition) is 5. The average Bonchev–Trinajstić information content (AvgIpc) is 2.75. The van der Waals surface area contributed by atoms with Crippen molar-refractivity contribution in [2.45, 2.75) is 32.2 Å². The largest absolute Gasteiger partial charge is 0.327 e. The zero-order valence-electron chi connectivity index (χ0n) is 8.97. The standard InChI is InChI=1S/C9H15N5O/c1-9(5-3-4-6(9)10)7(15)8-11-13-14(2)12-8/h6H,3-5,10H2,1-2H3. The molecule has 2 atom stereocenters. The number of ketones is 1. The lowest BCUT2D eigenvalue weighted by Gasteiger charge is -2.25. The Morgan fingerprint density at radius 2 is 2.40 bits per heavy atom. The smallest absolute Gasteiger partial charge is 0.241 e. The van der Waals surface area contributed by atoms with Crippen LogP contribution in [0.4, 0.5) is 0 Å². The van der Waals surface area contributed by atoms with Gasteiger partial charge in [0.15, 0.2) is 0 Å². The third-order valence-electron chi connectivity index (χ3n) is 3.26. The first kappa shape index (κ1) is 10.2. The number of hydrogen-bond donors (Lipinski definition) is 1. The summed E-state index contributed by atoms with van der Waals surface area (Å²) >= 11 is 0. The third-order valence-corrected chi connectivity index (χ3v) is 3.26. The van der Waals surface area contributed by atoms with Crippen LogP contribution in [0.3, 0.4) is 0 Å². The summed E-state index contributed by atoms with van der Waals surface area (Å²) in [4.78, 5) is 13.4. The summed E-state index contributed by atoms with van der Waals surface area (Å²) in [5, 5.41) is 11.3. The SMILES string of the molecule is Cn1nnc(C(=O)C2(C)CCCC2N)n1. The molecule has 2 rings (SSSR count). The number of nitrogens with two attached hydrogens (primary N) is 1. The van der Waals surface area contributed by atoms with Crippen LogP contribution in [-0.4, -0.2) is 32.0 Å². The van der Waals surface area contributed by atoms with E-state index in [-0.39, 0.29) is 17.6 Å². The second kappa shape index (κ2) is 3.37. The molecule has 0 amide bonds. The van der Waals surface area contributed by atoms with Crippen molar-refractivity contribution in [1.29, 1.82) is 0 Å². The summed E-state index contributed by atoms with van der Waals surface area (Å²) in [6.45, 7) is 1.89. The molecule has 6 nitrogen and oxygen atoms in total. The van der Waals surface area contributed by atoms with Crippen LogP contribution in [0.5, 0.6) is 0 Å². The molecule has 0 aliphatic heterocycles. The lowest BCUT2D eigenvalue weighted by molar-refractivity contribution is 0.0790. The summed E-state index contributed by atoms with van der Waals surface area (Å²) in [6.07, 6.45) is 2.69. The van der Waals surface area contributed by atoms with Crippen molar-refractivity contribution in [2.75, 3.05) is 0 Å². The Bertz CT molecular complexity index is 388. The Balaban J connectivity index is 2.28. The van der Waals surface area contributed by atoms with Gasteiger partial charge in [-0.1, -0.05) is 13.3 Å². The first-order chi connectivity index (χ1) is 7.04. The van der Waals surface area contributed by atoms with Crippen LogP contribution in [0.25, 0.3) is 0 Å². The van der Waals surface area contributed by atoms with Crippen molar-refractivity contribution in [3.05, 3.63) is 5.82 Å². The number of tetrazole rings is 1. The summed E-state index contributed by atoms with van der Waals surface area (Å²) in [7, 11) is 1.64. The van der Waals surface area contributed by atoms with E-state index < -0.39 is 5.41 Å². The first-order valence-corrected chi connectivity index (χ1v) is 5.08. The fourth-order valence-electron chi connectivity index (χ4n) is 2.11. The highest BCUT2D eigenvalue weighted by Gasteiger charge is 2.44. The maximum atomic E-state index is 12.1. The molecule has 1 fully saturated rings. The van der Waals surface area contributed by atoms with E-state index in [0.29, 0.717) is 0 Å². The van der Waals surface area contributed by atoms with Crippen LogP contribution < -0.4 is 5.73 Å². The lowest BCUT2D eigenvalue weighted by atomic mass is 9.80. The molecule has 1 aliphatic carbocycles. The second-order valence-electron chi connectivity index (χ2n) is 4.35. The molecule has 6 heteroatoms. The van der Waals surface area contributed by atoms with Gasteiger partial charge in [0, 0.05) is 11.5 Å². The highest BCUT2D eigenvalue weighted by atomic mass is 16.1. The van der Waals surface area contributed by atoms with E-state index in [9.17, 15) is 4.79 Å². The molecule has 1 aromatic heterocycles. The van der Waals surface area contributed by atoms with Crippen molar-refractivity contribution in [3.63, 3.8) is 0 Å². The van der Waals surface area contributed by atoms with Gasteiger partial charge in [-0.25, -0.2) is 0 Å². The molecule has 82 valence electrons. The van der Waals surface area contributed by atoms with Gasteiger partial charge in [-0.2, -0.15) is 4.80 Å². The Morgan fingerprint density at radius 1 is 1.67 bits per heavy atom. The summed E-state index contributed by atoms with van der Waals surface area (Å²) in [5.41, 5.74) is 5.44. The number of rotatable bonds is 2. The van der Waals surface area contributed by atoms with E-state index in [1.807, 2.05) is 6.92 Å². The zero-order valence-corrected chi connectivity index (χ0v) is 8.97. The molecule has 2 N–H and O–H groups in total. The molecule has 0 radical (unpaired) electrons. The van der Waals surface area contributed by atoms with Crippen LogP contribution in [-0.2, 0) is 7.05 Å². The van der Waals surface area contributed by atoms with E-state index in [1.165, 1.54) is 4.80 Å². The van der Waals surface area contributed by atoms with Crippen LogP contribution in [0.1, 0.15) is 36.8 Å². The predicted molar refractivity (Wildman–Crippen MR) is 53.1 cm³/mol. The van der Waals surface area contributed by atoms with Gasteiger partial charge in [0.25, 0.3) is 0 Å². The highest BCUT2D eigenvalue weighted by Crippen LogP contribution is 2.38. The van der Waals surface area contributed by atoms with Crippen molar-refractivity contribution in [3.8, 4) is 0 Å². The topological polar surface area (TPSA) is 86.7 Å². The van der Waals surface area contributed by atoms with Gasteiger partial charge in [0.2, 0.25) is 11.6 Å². The van der Waals surface area contributed by atoms with E-state index in [1.54, 1.807) is 7.05 Å². The average molecular weight is 209 g/mol. The zero-order chi connectivity index (χ0) is 11.1. The van der Waals surface area contributed by atoms with Crippen LogP contribution >= 0.6 is 0 Å². The molecule has 1 aliphatic rings. The van der Waals surface area contributed by atoms with E-state index in [4.69, 9.17) is 5.73 Å². The number of Topliss-reactive ketones (excluding diaryl/α,β-unsaturated/α-hetero) is 1. The van der Waals surface area contributed by atoms with Crippen LogP contribution in [0.2, 0.25) is 0 Å². The minimum atomic E-state index is -0.511. The maximum Gasteiger partial charge on any atom is 0.241 e. The normalized spacial score (nSPS) is 30.7. The summed E-state index contributed by atoms with van der Waals surface area (Å²) < 4.78 is 0. The molecule has 0 bridgehead atoms. The van der Waals surface area contributed by atoms with Crippen LogP contribution in [0.15, 0.2) is 0 Å². The predicted octanol–water partition coefficient (Wildman–Crippen LogP) is -0.0897. The van der Waals surface area contributed by atoms with Crippen molar-refractivity contribution >= 4 is 5.78 Å². The molecule has 0 saturated heterocycles. The number of aryl methyl sites for hydroxylation is 1. The molecule has 15 heavy (non-hydrogen) atoms. The quantitative estimate of drug-likeness (QED) is 0.688. The van der Waals surface area contributed by atoms with Crippen molar-refractivity contribution < 1.29 is 4.79 Å². The van der Waals surface area contributed by atoms with Crippen molar-refractivity contribution in [2.24, 2.45) is 18.2 Å². The minimum absolute atomic E-state index is 0.0828. The Labute approximate surface area is 87.8 Å². The van der Waals surface area contributed by atoms with Gasteiger partial charge in [0.1, 0.15) is 0 Å². The fraction of sp³-hybridized carbons (Fsp3) is 0.778. The molecule has 1 saturated carbocycles. The molecule has 0 spiro atoms. The molecular weight excluding hydrogens is 194 g/mol. The van der Waals surface area contributed by atoms with Gasteiger partial charge in [-0.15, -0.1) is 10.2 Å². The van der Waals surface area contributed by atoms with Gasteiger partial charge in [0.05, 0.1) is 7.05 Å². The van der Waals surface area contributed by atoms with Gasteiger partial charge < -0.3 is 5.73 Å². The Morgan fingerprint density at radius 3 is 2.87 bits per heavy atom. The van der Waals surface area contributed by atoms with E-state index >= 15 is 0 Å². The summed E-state index contributed by atoms with van der Waals surface area (Å²) in [6, 6.07) is -0.0891. The Kier molecular flexibility index (Phi) is 2.30. The second-order valence-corrected chi connectivity index (χ2v) is 4.35. The number of carbonyl (C=O) groups excluding carboxylic acids is 1. The van der Waals surface area contributed by atoms with Gasteiger partial charge in [-0.05, 0) is 18.1 Å². The monoisotopic (exact) mass is 209 g/mol. The Hall–Kier alpha value is -1.30. The molecule has 1 aromatic rings. The third kappa shape index (κ3) is 1.54. The minimum Gasteiger partial charge on any atom is -0.327 e.